The van der Waals surface area contributed by atoms with Crippen molar-refractivity contribution in [3.8, 4) is 0 Å². The number of piperazine rings is 1. The van der Waals surface area contributed by atoms with Crippen molar-refractivity contribution in [2.24, 2.45) is 0 Å². The lowest BCUT2D eigenvalue weighted by Crippen LogP contribution is -2.47. The molecule has 2 heterocycles. The van der Waals surface area contributed by atoms with Crippen LogP contribution >= 0.6 is 0 Å². The van der Waals surface area contributed by atoms with Gasteiger partial charge in [-0.15, -0.1) is 0 Å². The Kier molecular flexibility index (Phi) is 2.69. The van der Waals surface area contributed by atoms with Crippen molar-refractivity contribution >= 4 is 0 Å². The molecule has 0 radical (unpaired) electrons. The summed E-state index contributed by atoms with van der Waals surface area (Å²) in [5, 5.41) is 3.41. The largest absolute Gasteiger partial charge is 0.314 e. The van der Waals surface area contributed by atoms with Crippen molar-refractivity contribution in [1.29, 1.82) is 0 Å². The maximum absolute atomic E-state index is 3.41. The normalized spacial score (nSPS) is 33.0. The Bertz CT molecular complexity index is 91.4. The van der Waals surface area contributed by atoms with E-state index in [1.165, 1.54) is 39.0 Å². The molecule has 2 saturated heterocycles. The molecule has 0 bridgehead atoms. The first-order valence-electron chi connectivity index (χ1n) is 3.91. The number of rotatable bonds is 0. The fourth-order valence-electron chi connectivity index (χ4n) is 1.91. The van der Waals surface area contributed by atoms with E-state index in [1.54, 1.807) is 0 Å². The second-order valence-electron chi connectivity index (χ2n) is 3.04. The highest BCUT2D eigenvalue weighted by Crippen LogP contribution is 2.17. The van der Waals surface area contributed by atoms with E-state index in [0.717, 1.165) is 6.04 Å². The standard InChI is InChI=1S/C7H14N2.CH4/c1-2-7-6-8-3-5-9(7)4-1;/h7-8H,1-6H2;1H4. The SMILES string of the molecule is C.C1CC2CNCCN2C1. The number of nitrogens with one attached hydrogen (secondary N) is 1. The van der Waals surface area contributed by atoms with E-state index in [9.17, 15) is 0 Å². The summed E-state index contributed by atoms with van der Waals surface area (Å²) in [5.41, 5.74) is 0. The number of hydrogen-bond donors (Lipinski definition) is 1. The Morgan fingerprint density at radius 2 is 2.20 bits per heavy atom. The zero-order valence-electron chi connectivity index (χ0n) is 5.77. The van der Waals surface area contributed by atoms with Gasteiger partial charge >= 0.3 is 0 Å². The minimum absolute atomic E-state index is 0. The van der Waals surface area contributed by atoms with Gasteiger partial charge in [0.05, 0.1) is 0 Å². The van der Waals surface area contributed by atoms with Crippen LogP contribution in [0.5, 0.6) is 0 Å². The molecule has 2 aliphatic rings. The average Bonchev–Trinajstić information content (AvgIpc) is 2.33. The Balaban J connectivity index is 0.000000500. The van der Waals surface area contributed by atoms with Crippen LogP contribution in [0.4, 0.5) is 0 Å². The maximum Gasteiger partial charge on any atom is 0.0221 e. The number of hydrogen-bond acceptors (Lipinski definition) is 2. The van der Waals surface area contributed by atoms with E-state index >= 15 is 0 Å². The molecule has 10 heavy (non-hydrogen) atoms. The molecule has 60 valence electrons. The zero-order chi connectivity index (χ0) is 6.10. The van der Waals surface area contributed by atoms with Crippen LogP contribution in [0.3, 0.4) is 0 Å². The minimum Gasteiger partial charge on any atom is -0.314 e. The molecule has 2 nitrogen and oxygen atoms in total. The molecule has 0 aliphatic carbocycles. The molecule has 2 fully saturated rings. The summed E-state index contributed by atoms with van der Waals surface area (Å²) in [6.45, 7) is 5.08. The van der Waals surface area contributed by atoms with Crippen LogP contribution in [0, 0.1) is 0 Å². The Morgan fingerprint density at radius 3 is 3.00 bits per heavy atom. The molecule has 0 aromatic carbocycles. The van der Waals surface area contributed by atoms with Gasteiger partial charge in [0, 0.05) is 25.7 Å². The quantitative estimate of drug-likeness (QED) is 0.535. The van der Waals surface area contributed by atoms with Crippen molar-refractivity contribution < 1.29 is 0 Å². The van der Waals surface area contributed by atoms with Crippen LogP contribution in [0.2, 0.25) is 0 Å². The predicted octanol–water partition coefficient (Wildman–Crippen LogP) is 0.690. The highest BCUT2D eigenvalue weighted by molar-refractivity contribution is 4.84. The first kappa shape index (κ1) is 8.02. The third-order valence-electron chi connectivity index (χ3n) is 2.45. The summed E-state index contributed by atoms with van der Waals surface area (Å²) in [5.74, 6) is 0. The molecule has 1 atom stereocenters. The van der Waals surface area contributed by atoms with E-state index in [4.69, 9.17) is 0 Å². The molecular weight excluding hydrogens is 124 g/mol. The molecule has 1 N–H and O–H groups in total. The molecular formula is C8H18N2. The van der Waals surface area contributed by atoms with E-state index in [2.05, 4.69) is 10.2 Å². The lowest BCUT2D eigenvalue weighted by molar-refractivity contribution is 0.212. The Hall–Kier alpha value is -0.0800. The zero-order valence-corrected chi connectivity index (χ0v) is 5.77. The smallest absolute Gasteiger partial charge is 0.0221 e. The molecule has 2 rings (SSSR count). The van der Waals surface area contributed by atoms with Gasteiger partial charge in [-0.3, -0.25) is 4.90 Å². The van der Waals surface area contributed by atoms with Crippen LogP contribution in [-0.4, -0.2) is 37.1 Å². The van der Waals surface area contributed by atoms with Gasteiger partial charge in [0.15, 0.2) is 0 Å². The minimum atomic E-state index is 0. The molecule has 0 saturated carbocycles. The molecule has 0 aromatic heterocycles. The lowest BCUT2D eigenvalue weighted by atomic mass is 10.2. The Labute approximate surface area is 63.6 Å². The van der Waals surface area contributed by atoms with Crippen molar-refractivity contribution in [1.82, 2.24) is 10.2 Å². The molecule has 0 aromatic rings. The van der Waals surface area contributed by atoms with Crippen molar-refractivity contribution in [2.75, 3.05) is 26.2 Å². The van der Waals surface area contributed by atoms with Crippen molar-refractivity contribution in [3.05, 3.63) is 0 Å². The van der Waals surface area contributed by atoms with Crippen LogP contribution in [0.1, 0.15) is 20.3 Å². The highest BCUT2D eigenvalue weighted by Gasteiger charge is 2.25. The van der Waals surface area contributed by atoms with Gasteiger partial charge in [0.25, 0.3) is 0 Å². The van der Waals surface area contributed by atoms with Crippen LogP contribution in [0.25, 0.3) is 0 Å². The van der Waals surface area contributed by atoms with Crippen molar-refractivity contribution in [3.63, 3.8) is 0 Å². The second kappa shape index (κ2) is 3.35. The summed E-state index contributed by atoms with van der Waals surface area (Å²) in [6, 6.07) is 0.888. The number of fused-ring (bicyclic) bond motifs is 1. The van der Waals surface area contributed by atoms with E-state index in [0.29, 0.717) is 0 Å². The van der Waals surface area contributed by atoms with Gasteiger partial charge < -0.3 is 5.32 Å². The molecule has 2 heteroatoms. The summed E-state index contributed by atoms with van der Waals surface area (Å²) >= 11 is 0. The van der Waals surface area contributed by atoms with Crippen LogP contribution < -0.4 is 5.32 Å². The summed E-state index contributed by atoms with van der Waals surface area (Å²) < 4.78 is 0. The highest BCUT2D eigenvalue weighted by atomic mass is 15.2. The van der Waals surface area contributed by atoms with Gasteiger partial charge in [-0.2, -0.15) is 0 Å². The molecule has 0 spiro atoms. The number of nitrogens with zero attached hydrogens (tertiary/aromatic N) is 1. The monoisotopic (exact) mass is 142 g/mol. The molecule has 2 aliphatic heterocycles. The van der Waals surface area contributed by atoms with Crippen LogP contribution in [-0.2, 0) is 0 Å². The van der Waals surface area contributed by atoms with Gasteiger partial charge in [0.2, 0.25) is 0 Å². The average molecular weight is 142 g/mol. The summed E-state index contributed by atoms with van der Waals surface area (Å²) in [7, 11) is 0. The van der Waals surface area contributed by atoms with Crippen molar-refractivity contribution in [2.45, 2.75) is 26.3 Å². The molecule has 1 unspecified atom stereocenters. The summed E-state index contributed by atoms with van der Waals surface area (Å²) in [4.78, 5) is 2.61. The second-order valence-corrected chi connectivity index (χ2v) is 3.04. The molecule has 0 amide bonds. The fourth-order valence-corrected chi connectivity index (χ4v) is 1.91. The first-order valence-corrected chi connectivity index (χ1v) is 3.91. The summed E-state index contributed by atoms with van der Waals surface area (Å²) in [6.07, 6.45) is 2.85. The van der Waals surface area contributed by atoms with E-state index < -0.39 is 0 Å². The van der Waals surface area contributed by atoms with Gasteiger partial charge in [0.1, 0.15) is 0 Å². The first-order chi connectivity index (χ1) is 4.47. The third-order valence-corrected chi connectivity index (χ3v) is 2.45. The van der Waals surface area contributed by atoms with Gasteiger partial charge in [-0.25, -0.2) is 0 Å². The van der Waals surface area contributed by atoms with Crippen LogP contribution in [0.15, 0.2) is 0 Å². The lowest BCUT2D eigenvalue weighted by Gasteiger charge is -2.29. The van der Waals surface area contributed by atoms with Gasteiger partial charge in [-0.1, -0.05) is 7.43 Å². The predicted molar refractivity (Wildman–Crippen MR) is 44.2 cm³/mol. The maximum atomic E-state index is 3.41. The van der Waals surface area contributed by atoms with E-state index in [-0.39, 0.29) is 7.43 Å². The topological polar surface area (TPSA) is 15.3 Å². The van der Waals surface area contributed by atoms with Gasteiger partial charge in [-0.05, 0) is 19.4 Å². The van der Waals surface area contributed by atoms with E-state index in [1.807, 2.05) is 0 Å². The fraction of sp³-hybridized carbons (Fsp3) is 1.00. The third kappa shape index (κ3) is 1.32. The Morgan fingerprint density at radius 1 is 1.30 bits per heavy atom.